The third kappa shape index (κ3) is 4.16. The first kappa shape index (κ1) is 16.2. The molecule has 5 heteroatoms. The fourth-order valence-electron chi connectivity index (χ4n) is 1.98. The minimum absolute atomic E-state index is 0.318. The zero-order valence-corrected chi connectivity index (χ0v) is 13.2. The van der Waals surface area contributed by atoms with Crippen LogP contribution in [-0.4, -0.2) is 18.7 Å². The van der Waals surface area contributed by atoms with E-state index in [4.69, 9.17) is 16.3 Å². The number of nitrogens with zero attached hydrogens (tertiary/aromatic N) is 1. The van der Waals surface area contributed by atoms with Crippen molar-refractivity contribution in [2.75, 3.05) is 7.11 Å². The molecule has 0 heterocycles. The summed E-state index contributed by atoms with van der Waals surface area (Å²) in [5.41, 5.74) is 4.89. The molecule has 0 radical (unpaired) electrons. The van der Waals surface area contributed by atoms with Crippen LogP contribution in [0.2, 0.25) is 5.02 Å². The number of hydrogen-bond donors (Lipinski definition) is 1. The molecule has 4 nitrogen and oxygen atoms in total. The summed E-state index contributed by atoms with van der Waals surface area (Å²) in [5, 5.41) is 4.77. The third-order valence-corrected chi connectivity index (χ3v) is 3.42. The van der Waals surface area contributed by atoms with E-state index in [0.717, 1.165) is 11.1 Å². The Morgan fingerprint density at radius 3 is 2.36 bits per heavy atom. The number of benzene rings is 2. The van der Waals surface area contributed by atoms with Crippen LogP contribution in [0, 0.1) is 0 Å². The van der Waals surface area contributed by atoms with Gasteiger partial charge in [0.15, 0.2) is 6.10 Å². The summed E-state index contributed by atoms with van der Waals surface area (Å²) in [5.74, 6) is -0.318. The van der Waals surface area contributed by atoms with Gasteiger partial charge in [0.2, 0.25) is 0 Å². The maximum Gasteiger partial charge on any atom is 0.273 e. The molecule has 2 rings (SSSR count). The fraction of sp³-hybridized carbons (Fsp3) is 0.176. The number of nitrogens with one attached hydrogen (secondary N) is 1. The van der Waals surface area contributed by atoms with Crippen LogP contribution in [-0.2, 0) is 9.53 Å². The standard InChI is InChI=1S/C17H17ClN2O2/c1-12(13-8-10-15(18)11-9-13)19-20-17(21)16(22-2)14-6-4-3-5-7-14/h3-11,16H,1-2H3,(H,20,21)/b19-12-/t16-/m1/s1. The van der Waals surface area contributed by atoms with Gasteiger partial charge in [0.1, 0.15) is 0 Å². The topological polar surface area (TPSA) is 50.7 Å². The summed E-state index contributed by atoms with van der Waals surface area (Å²) in [6, 6.07) is 16.5. The van der Waals surface area contributed by atoms with Crippen LogP contribution >= 0.6 is 11.6 Å². The fourth-order valence-corrected chi connectivity index (χ4v) is 2.10. The lowest BCUT2D eigenvalue weighted by Gasteiger charge is -2.14. The largest absolute Gasteiger partial charge is 0.367 e. The van der Waals surface area contributed by atoms with Crippen molar-refractivity contribution in [1.29, 1.82) is 0 Å². The Hall–Kier alpha value is -2.17. The summed E-state index contributed by atoms with van der Waals surface area (Å²) < 4.78 is 5.25. The molecule has 0 fully saturated rings. The van der Waals surface area contributed by atoms with Gasteiger partial charge in [-0.2, -0.15) is 5.10 Å². The zero-order chi connectivity index (χ0) is 15.9. The van der Waals surface area contributed by atoms with Gasteiger partial charge in [-0.15, -0.1) is 0 Å². The number of rotatable bonds is 5. The lowest BCUT2D eigenvalue weighted by molar-refractivity contribution is -0.131. The van der Waals surface area contributed by atoms with Gasteiger partial charge < -0.3 is 4.74 Å². The second-order valence-corrected chi connectivity index (χ2v) is 5.14. The van der Waals surface area contributed by atoms with Crippen LogP contribution < -0.4 is 5.43 Å². The molecule has 0 unspecified atom stereocenters. The van der Waals surface area contributed by atoms with Gasteiger partial charge in [0, 0.05) is 12.1 Å². The molecule has 1 N–H and O–H groups in total. The molecule has 0 aliphatic carbocycles. The smallest absolute Gasteiger partial charge is 0.273 e. The first-order valence-corrected chi connectivity index (χ1v) is 7.17. The quantitative estimate of drug-likeness (QED) is 0.677. The molecule has 22 heavy (non-hydrogen) atoms. The Morgan fingerprint density at radius 1 is 1.14 bits per heavy atom. The molecule has 0 aromatic heterocycles. The predicted octanol–water partition coefficient (Wildman–Crippen LogP) is 3.57. The lowest BCUT2D eigenvalue weighted by atomic mass is 10.1. The van der Waals surface area contributed by atoms with Crippen molar-refractivity contribution in [1.82, 2.24) is 5.43 Å². The second-order valence-electron chi connectivity index (χ2n) is 4.71. The molecular formula is C17H17ClN2O2. The highest BCUT2D eigenvalue weighted by molar-refractivity contribution is 6.30. The van der Waals surface area contributed by atoms with E-state index in [1.807, 2.05) is 49.4 Å². The number of carbonyl (C=O) groups is 1. The first-order chi connectivity index (χ1) is 10.6. The Balaban J connectivity index is 2.07. The molecule has 0 aliphatic rings. The Labute approximate surface area is 134 Å². The van der Waals surface area contributed by atoms with Gasteiger partial charge in [0.25, 0.3) is 5.91 Å². The zero-order valence-electron chi connectivity index (χ0n) is 12.4. The Kier molecular flexibility index (Phi) is 5.69. The van der Waals surface area contributed by atoms with E-state index in [2.05, 4.69) is 10.5 Å². The lowest BCUT2D eigenvalue weighted by Crippen LogP contribution is -2.27. The van der Waals surface area contributed by atoms with Crippen LogP contribution in [0.15, 0.2) is 59.7 Å². The number of amides is 1. The minimum atomic E-state index is -0.692. The van der Waals surface area contributed by atoms with E-state index < -0.39 is 6.10 Å². The van der Waals surface area contributed by atoms with Crippen molar-refractivity contribution >= 4 is 23.2 Å². The van der Waals surface area contributed by atoms with Crippen LogP contribution in [0.25, 0.3) is 0 Å². The second kappa shape index (κ2) is 7.73. The molecule has 0 bridgehead atoms. The summed E-state index contributed by atoms with van der Waals surface area (Å²) >= 11 is 5.85. The van der Waals surface area contributed by atoms with Gasteiger partial charge >= 0.3 is 0 Å². The average molecular weight is 317 g/mol. The van der Waals surface area contributed by atoms with Crippen molar-refractivity contribution < 1.29 is 9.53 Å². The molecule has 0 saturated carbocycles. The number of halogens is 1. The minimum Gasteiger partial charge on any atom is -0.367 e. The van der Waals surface area contributed by atoms with E-state index in [0.29, 0.717) is 10.7 Å². The summed E-state index contributed by atoms with van der Waals surface area (Å²) in [7, 11) is 1.49. The number of carbonyl (C=O) groups excluding carboxylic acids is 1. The maximum absolute atomic E-state index is 12.2. The van der Waals surface area contributed by atoms with Crippen LogP contribution in [0.1, 0.15) is 24.2 Å². The first-order valence-electron chi connectivity index (χ1n) is 6.79. The van der Waals surface area contributed by atoms with E-state index in [1.165, 1.54) is 7.11 Å². The summed E-state index contributed by atoms with van der Waals surface area (Å²) in [6.45, 7) is 1.81. The van der Waals surface area contributed by atoms with Gasteiger partial charge in [-0.05, 0) is 30.2 Å². The molecule has 1 atom stereocenters. The Morgan fingerprint density at radius 2 is 1.77 bits per heavy atom. The van der Waals surface area contributed by atoms with Crippen molar-refractivity contribution in [2.24, 2.45) is 5.10 Å². The van der Waals surface area contributed by atoms with Crippen LogP contribution in [0.4, 0.5) is 0 Å². The highest BCUT2D eigenvalue weighted by atomic mass is 35.5. The van der Waals surface area contributed by atoms with Crippen LogP contribution in [0.5, 0.6) is 0 Å². The van der Waals surface area contributed by atoms with E-state index in [1.54, 1.807) is 12.1 Å². The molecule has 0 saturated heterocycles. The Bertz CT molecular complexity index is 654. The number of ether oxygens (including phenoxy) is 1. The molecule has 1 amide bonds. The van der Waals surface area contributed by atoms with E-state index >= 15 is 0 Å². The molecule has 0 spiro atoms. The molecule has 114 valence electrons. The third-order valence-electron chi connectivity index (χ3n) is 3.17. The van der Waals surface area contributed by atoms with E-state index in [-0.39, 0.29) is 5.91 Å². The number of methoxy groups -OCH3 is 1. The van der Waals surface area contributed by atoms with Crippen molar-refractivity contribution in [3.05, 3.63) is 70.7 Å². The molecule has 2 aromatic rings. The summed E-state index contributed by atoms with van der Waals surface area (Å²) in [4.78, 5) is 12.2. The molecule has 0 aliphatic heterocycles. The summed E-state index contributed by atoms with van der Waals surface area (Å²) in [6.07, 6.45) is -0.692. The highest BCUT2D eigenvalue weighted by Gasteiger charge is 2.19. The maximum atomic E-state index is 12.2. The van der Waals surface area contributed by atoms with Gasteiger partial charge in [-0.25, -0.2) is 5.43 Å². The normalized spacial score (nSPS) is 12.8. The van der Waals surface area contributed by atoms with Gasteiger partial charge in [0.05, 0.1) is 5.71 Å². The van der Waals surface area contributed by atoms with Crippen LogP contribution in [0.3, 0.4) is 0 Å². The molecule has 2 aromatic carbocycles. The average Bonchev–Trinajstić information content (AvgIpc) is 2.55. The highest BCUT2D eigenvalue weighted by Crippen LogP contribution is 2.16. The van der Waals surface area contributed by atoms with Crippen molar-refractivity contribution in [3.8, 4) is 0 Å². The number of hydrazone groups is 1. The van der Waals surface area contributed by atoms with Crippen molar-refractivity contribution in [3.63, 3.8) is 0 Å². The van der Waals surface area contributed by atoms with Gasteiger partial charge in [-0.3, -0.25) is 4.79 Å². The van der Waals surface area contributed by atoms with Crippen molar-refractivity contribution in [2.45, 2.75) is 13.0 Å². The van der Waals surface area contributed by atoms with Gasteiger partial charge in [-0.1, -0.05) is 54.1 Å². The molecular weight excluding hydrogens is 300 g/mol. The predicted molar refractivity (Wildman–Crippen MR) is 88.0 cm³/mol. The number of hydrogen-bond acceptors (Lipinski definition) is 3. The monoisotopic (exact) mass is 316 g/mol. The van der Waals surface area contributed by atoms with E-state index in [9.17, 15) is 4.79 Å². The SMILES string of the molecule is CO[C@@H](C(=O)N/N=C(/C)c1ccc(Cl)cc1)c1ccccc1.